The molecule has 1 heterocycles. The summed E-state index contributed by atoms with van der Waals surface area (Å²) in [6, 6.07) is 13.1. The van der Waals surface area contributed by atoms with Crippen LogP contribution in [-0.2, 0) is 4.79 Å². The Morgan fingerprint density at radius 3 is 2.46 bits per heavy atom. The van der Waals surface area contributed by atoms with Crippen LogP contribution in [0.2, 0.25) is 0 Å². The van der Waals surface area contributed by atoms with E-state index in [0.29, 0.717) is 43.3 Å². The summed E-state index contributed by atoms with van der Waals surface area (Å²) >= 11 is 0. The highest BCUT2D eigenvalue weighted by Crippen LogP contribution is 2.21. The second-order valence-corrected chi connectivity index (χ2v) is 5.98. The van der Waals surface area contributed by atoms with Gasteiger partial charge in [-0.25, -0.2) is 9.18 Å². The number of ether oxygens (including phenoxy) is 1. The number of rotatable bonds is 3. The molecule has 1 aliphatic rings. The monoisotopic (exact) mass is 357 g/mol. The van der Waals surface area contributed by atoms with Crippen LogP contribution in [0.4, 0.5) is 20.6 Å². The van der Waals surface area contributed by atoms with Gasteiger partial charge in [-0.1, -0.05) is 18.2 Å². The molecule has 1 saturated heterocycles. The van der Waals surface area contributed by atoms with Crippen LogP contribution >= 0.6 is 0 Å². The van der Waals surface area contributed by atoms with Gasteiger partial charge in [0.25, 0.3) is 0 Å². The Labute approximate surface area is 151 Å². The molecule has 0 aliphatic carbocycles. The van der Waals surface area contributed by atoms with Crippen molar-refractivity contribution < 1.29 is 18.7 Å². The number of nitrogens with zero attached hydrogens (tertiary/aromatic N) is 2. The van der Waals surface area contributed by atoms with Gasteiger partial charge in [-0.05, 0) is 24.3 Å². The molecule has 1 N–H and O–H groups in total. The Morgan fingerprint density at radius 1 is 1.04 bits per heavy atom. The van der Waals surface area contributed by atoms with Crippen LogP contribution < -0.4 is 15.0 Å². The van der Waals surface area contributed by atoms with Crippen LogP contribution in [0.25, 0.3) is 0 Å². The summed E-state index contributed by atoms with van der Waals surface area (Å²) in [5, 5.41) is 2.79. The van der Waals surface area contributed by atoms with E-state index in [0.717, 1.165) is 0 Å². The first-order valence-corrected chi connectivity index (χ1v) is 8.37. The van der Waals surface area contributed by atoms with Gasteiger partial charge in [-0.3, -0.25) is 4.79 Å². The number of carbonyl (C=O) groups excluding carboxylic acids is 2. The van der Waals surface area contributed by atoms with Crippen molar-refractivity contribution in [2.75, 3.05) is 36.4 Å². The number of amides is 2. The first kappa shape index (κ1) is 17.7. The molecular weight excluding hydrogens is 337 g/mol. The first-order valence-electron chi connectivity index (χ1n) is 8.37. The van der Waals surface area contributed by atoms with E-state index >= 15 is 0 Å². The van der Waals surface area contributed by atoms with Gasteiger partial charge in [0.05, 0.1) is 5.69 Å². The SMILES string of the molecule is CC(=O)Oc1cccc(NC(=O)N2CCN(c3ccccc3F)CC2)c1. The summed E-state index contributed by atoms with van der Waals surface area (Å²) in [4.78, 5) is 27.0. The molecule has 7 heteroatoms. The molecule has 1 fully saturated rings. The minimum atomic E-state index is -0.419. The molecule has 26 heavy (non-hydrogen) atoms. The quantitative estimate of drug-likeness (QED) is 0.677. The number of anilines is 2. The Kier molecular flexibility index (Phi) is 5.36. The normalized spacial score (nSPS) is 14.1. The largest absolute Gasteiger partial charge is 0.427 e. The predicted molar refractivity (Wildman–Crippen MR) is 97.0 cm³/mol. The molecule has 2 aromatic carbocycles. The average molecular weight is 357 g/mol. The second kappa shape index (κ2) is 7.86. The zero-order valence-corrected chi connectivity index (χ0v) is 14.4. The molecule has 0 atom stereocenters. The highest BCUT2D eigenvalue weighted by Gasteiger charge is 2.22. The zero-order chi connectivity index (χ0) is 18.5. The Balaban J connectivity index is 1.57. The number of hydrogen-bond acceptors (Lipinski definition) is 4. The maximum absolute atomic E-state index is 13.9. The number of hydrogen-bond donors (Lipinski definition) is 1. The lowest BCUT2D eigenvalue weighted by Gasteiger charge is -2.36. The van der Waals surface area contributed by atoms with E-state index in [9.17, 15) is 14.0 Å². The van der Waals surface area contributed by atoms with Crippen LogP contribution in [-0.4, -0.2) is 43.1 Å². The smallest absolute Gasteiger partial charge is 0.321 e. The Bertz CT molecular complexity index is 804. The fraction of sp³-hybridized carbons (Fsp3) is 0.263. The van der Waals surface area contributed by atoms with E-state index < -0.39 is 5.97 Å². The van der Waals surface area contributed by atoms with Crippen molar-refractivity contribution in [2.24, 2.45) is 0 Å². The van der Waals surface area contributed by atoms with Gasteiger partial charge in [0.2, 0.25) is 0 Å². The van der Waals surface area contributed by atoms with E-state index in [2.05, 4.69) is 5.32 Å². The highest BCUT2D eigenvalue weighted by atomic mass is 19.1. The van der Waals surface area contributed by atoms with Crippen LogP contribution in [0, 0.1) is 5.82 Å². The predicted octanol–water partition coefficient (Wildman–Crippen LogP) is 3.11. The second-order valence-electron chi connectivity index (χ2n) is 5.98. The Hall–Kier alpha value is -3.09. The number of nitrogens with one attached hydrogen (secondary N) is 1. The minimum absolute atomic E-state index is 0.238. The minimum Gasteiger partial charge on any atom is -0.427 e. The lowest BCUT2D eigenvalue weighted by Crippen LogP contribution is -2.50. The summed E-state index contributed by atoms with van der Waals surface area (Å²) < 4.78 is 18.9. The Morgan fingerprint density at radius 2 is 1.77 bits per heavy atom. The maximum atomic E-state index is 13.9. The van der Waals surface area contributed by atoms with Crippen LogP contribution in [0.15, 0.2) is 48.5 Å². The van der Waals surface area contributed by atoms with E-state index in [1.807, 2.05) is 4.90 Å². The van der Waals surface area contributed by atoms with Crippen molar-refractivity contribution in [3.63, 3.8) is 0 Å². The standard InChI is InChI=1S/C19H20FN3O3/c1-14(24)26-16-6-4-5-15(13-16)21-19(25)23-11-9-22(10-12-23)18-8-3-2-7-17(18)20/h2-8,13H,9-12H2,1H3,(H,21,25). The molecule has 0 unspecified atom stereocenters. The molecule has 0 aromatic heterocycles. The number of urea groups is 1. The molecule has 2 amide bonds. The molecule has 1 aliphatic heterocycles. The molecule has 0 bridgehead atoms. The number of carbonyl (C=O) groups is 2. The van der Waals surface area contributed by atoms with Crippen molar-refractivity contribution in [1.29, 1.82) is 0 Å². The fourth-order valence-electron chi connectivity index (χ4n) is 2.86. The number of piperazine rings is 1. The van der Waals surface area contributed by atoms with Gasteiger partial charge < -0.3 is 19.9 Å². The van der Waals surface area contributed by atoms with E-state index in [1.54, 1.807) is 47.4 Å². The zero-order valence-electron chi connectivity index (χ0n) is 14.4. The lowest BCUT2D eigenvalue weighted by molar-refractivity contribution is -0.131. The van der Waals surface area contributed by atoms with Crippen molar-refractivity contribution in [3.8, 4) is 5.75 Å². The number of benzene rings is 2. The molecular formula is C19H20FN3O3. The number of halogens is 1. The first-order chi connectivity index (χ1) is 12.5. The molecule has 6 nitrogen and oxygen atoms in total. The summed E-state index contributed by atoms with van der Waals surface area (Å²) in [6.07, 6.45) is 0. The van der Waals surface area contributed by atoms with E-state index in [1.165, 1.54) is 13.0 Å². The fourth-order valence-corrected chi connectivity index (χ4v) is 2.86. The lowest BCUT2D eigenvalue weighted by atomic mass is 10.2. The molecule has 0 radical (unpaired) electrons. The summed E-state index contributed by atoms with van der Waals surface area (Å²) in [5.41, 5.74) is 1.10. The molecule has 136 valence electrons. The molecule has 3 rings (SSSR count). The molecule has 2 aromatic rings. The van der Waals surface area contributed by atoms with Gasteiger partial charge in [0.15, 0.2) is 0 Å². The third-order valence-corrected chi connectivity index (χ3v) is 4.11. The molecule has 0 saturated carbocycles. The van der Waals surface area contributed by atoms with Crippen molar-refractivity contribution in [2.45, 2.75) is 6.92 Å². The topological polar surface area (TPSA) is 61.9 Å². The van der Waals surface area contributed by atoms with Crippen LogP contribution in [0.3, 0.4) is 0 Å². The third-order valence-electron chi connectivity index (χ3n) is 4.11. The van der Waals surface area contributed by atoms with Crippen molar-refractivity contribution in [3.05, 3.63) is 54.3 Å². The summed E-state index contributed by atoms with van der Waals surface area (Å²) in [5.74, 6) is -0.301. The number of para-hydroxylation sites is 1. The van der Waals surface area contributed by atoms with E-state index in [-0.39, 0.29) is 11.8 Å². The van der Waals surface area contributed by atoms with E-state index in [4.69, 9.17) is 4.74 Å². The highest BCUT2D eigenvalue weighted by molar-refractivity contribution is 5.89. The maximum Gasteiger partial charge on any atom is 0.321 e. The van der Waals surface area contributed by atoms with Gasteiger partial charge in [-0.2, -0.15) is 0 Å². The number of esters is 1. The average Bonchev–Trinajstić information content (AvgIpc) is 2.62. The van der Waals surface area contributed by atoms with Gasteiger partial charge in [0.1, 0.15) is 11.6 Å². The van der Waals surface area contributed by atoms with Crippen molar-refractivity contribution >= 4 is 23.4 Å². The van der Waals surface area contributed by atoms with Gasteiger partial charge >= 0.3 is 12.0 Å². The van der Waals surface area contributed by atoms with Crippen LogP contribution in [0.5, 0.6) is 5.75 Å². The van der Waals surface area contributed by atoms with Gasteiger partial charge in [-0.15, -0.1) is 0 Å². The molecule has 0 spiro atoms. The summed E-state index contributed by atoms with van der Waals surface area (Å²) in [6.45, 7) is 3.41. The summed E-state index contributed by atoms with van der Waals surface area (Å²) in [7, 11) is 0. The van der Waals surface area contributed by atoms with Crippen LogP contribution in [0.1, 0.15) is 6.92 Å². The van der Waals surface area contributed by atoms with Gasteiger partial charge in [0, 0.05) is 44.9 Å². The van der Waals surface area contributed by atoms with Crippen molar-refractivity contribution in [1.82, 2.24) is 4.90 Å². The third kappa shape index (κ3) is 4.30.